The number of ether oxygens (including phenoxy) is 1. The quantitative estimate of drug-likeness (QED) is 0.801. The molecule has 0 aliphatic rings. The van der Waals surface area contributed by atoms with Crippen molar-refractivity contribution in [1.82, 2.24) is 10.3 Å². The summed E-state index contributed by atoms with van der Waals surface area (Å²) in [6.07, 6.45) is 2.25. The van der Waals surface area contributed by atoms with Crippen LogP contribution in [0, 0.1) is 6.92 Å². The van der Waals surface area contributed by atoms with Crippen molar-refractivity contribution in [3.63, 3.8) is 0 Å². The van der Waals surface area contributed by atoms with Crippen LogP contribution in [0.1, 0.15) is 9.88 Å². The predicted molar refractivity (Wildman–Crippen MR) is 51.0 cm³/mol. The van der Waals surface area contributed by atoms with E-state index in [0.29, 0.717) is 6.54 Å². The first kappa shape index (κ1) is 9.98. The van der Waals surface area contributed by atoms with Crippen molar-refractivity contribution in [2.45, 2.75) is 13.3 Å². The molecule has 1 amide bonds. The van der Waals surface area contributed by atoms with Crippen molar-refractivity contribution < 1.29 is 9.53 Å². The molecule has 4 nitrogen and oxygen atoms in total. The highest BCUT2D eigenvalue weighted by Crippen LogP contribution is 2.11. The van der Waals surface area contributed by atoms with E-state index in [1.807, 2.05) is 13.1 Å². The average molecular weight is 200 g/mol. The number of nitrogens with zero attached hydrogens (tertiary/aromatic N) is 1. The zero-order valence-corrected chi connectivity index (χ0v) is 8.48. The minimum atomic E-state index is -0.388. The molecule has 1 aromatic rings. The van der Waals surface area contributed by atoms with Gasteiger partial charge in [0.15, 0.2) is 0 Å². The first-order valence-electron chi connectivity index (χ1n) is 3.95. The van der Waals surface area contributed by atoms with Gasteiger partial charge in [0.1, 0.15) is 0 Å². The molecule has 0 atom stereocenters. The minimum absolute atomic E-state index is 0.388. The van der Waals surface area contributed by atoms with Crippen molar-refractivity contribution in [3.8, 4) is 0 Å². The van der Waals surface area contributed by atoms with Gasteiger partial charge in [-0.2, -0.15) is 0 Å². The zero-order valence-electron chi connectivity index (χ0n) is 7.66. The summed E-state index contributed by atoms with van der Waals surface area (Å²) < 4.78 is 4.43. The Bertz CT molecular complexity index is 285. The molecule has 1 rings (SSSR count). The van der Waals surface area contributed by atoms with Gasteiger partial charge in [-0.25, -0.2) is 9.78 Å². The Labute approximate surface area is 80.9 Å². The number of hydrogen-bond donors (Lipinski definition) is 1. The van der Waals surface area contributed by atoms with E-state index >= 15 is 0 Å². The maximum absolute atomic E-state index is 10.7. The molecule has 0 saturated heterocycles. The number of aryl methyl sites for hydroxylation is 1. The van der Waals surface area contributed by atoms with E-state index in [9.17, 15) is 4.79 Å². The highest BCUT2D eigenvalue weighted by atomic mass is 32.1. The summed E-state index contributed by atoms with van der Waals surface area (Å²) in [5.41, 5.74) is 0. The first-order valence-corrected chi connectivity index (χ1v) is 4.77. The van der Waals surface area contributed by atoms with Gasteiger partial charge < -0.3 is 10.1 Å². The lowest BCUT2D eigenvalue weighted by Gasteiger charge is -2.00. The van der Waals surface area contributed by atoms with Gasteiger partial charge in [0, 0.05) is 24.0 Å². The van der Waals surface area contributed by atoms with Gasteiger partial charge in [0.2, 0.25) is 0 Å². The van der Waals surface area contributed by atoms with E-state index in [0.717, 1.165) is 11.4 Å². The summed E-state index contributed by atoms with van der Waals surface area (Å²) in [6.45, 7) is 2.55. The van der Waals surface area contributed by atoms with Gasteiger partial charge in [0.05, 0.1) is 12.1 Å². The SMILES string of the molecule is COC(=O)NCCc1cnc(C)s1. The Kier molecular flexibility index (Phi) is 3.70. The largest absolute Gasteiger partial charge is 0.453 e. The van der Waals surface area contributed by atoms with Gasteiger partial charge in [-0.05, 0) is 6.92 Å². The first-order chi connectivity index (χ1) is 6.22. The molecule has 0 aliphatic carbocycles. The summed E-state index contributed by atoms with van der Waals surface area (Å²) in [6, 6.07) is 0. The maximum Gasteiger partial charge on any atom is 0.406 e. The monoisotopic (exact) mass is 200 g/mol. The van der Waals surface area contributed by atoms with Gasteiger partial charge >= 0.3 is 6.09 Å². The number of rotatable bonds is 3. The van der Waals surface area contributed by atoms with Crippen molar-refractivity contribution in [3.05, 3.63) is 16.1 Å². The third kappa shape index (κ3) is 3.42. The number of thiazole rings is 1. The molecule has 0 radical (unpaired) electrons. The molecular formula is C8H12N2O2S. The Balaban J connectivity index is 2.24. The molecule has 0 bridgehead atoms. The Morgan fingerprint density at radius 1 is 1.77 bits per heavy atom. The van der Waals surface area contributed by atoms with E-state index in [1.165, 1.54) is 12.0 Å². The molecule has 0 spiro atoms. The predicted octanol–water partition coefficient (Wildman–Crippen LogP) is 1.35. The van der Waals surface area contributed by atoms with Crippen LogP contribution in [0.15, 0.2) is 6.20 Å². The van der Waals surface area contributed by atoms with Crippen LogP contribution < -0.4 is 5.32 Å². The lowest BCUT2D eigenvalue weighted by molar-refractivity contribution is 0.171. The average Bonchev–Trinajstić information content (AvgIpc) is 2.51. The molecule has 0 unspecified atom stereocenters. The lowest BCUT2D eigenvalue weighted by atomic mass is 10.4. The van der Waals surface area contributed by atoms with E-state index in [2.05, 4.69) is 15.0 Å². The van der Waals surface area contributed by atoms with Crippen LogP contribution >= 0.6 is 11.3 Å². The molecule has 5 heteroatoms. The van der Waals surface area contributed by atoms with Gasteiger partial charge in [-0.15, -0.1) is 11.3 Å². The lowest BCUT2D eigenvalue weighted by Crippen LogP contribution is -2.24. The molecule has 13 heavy (non-hydrogen) atoms. The van der Waals surface area contributed by atoms with E-state index in [-0.39, 0.29) is 6.09 Å². The summed E-state index contributed by atoms with van der Waals surface area (Å²) >= 11 is 1.64. The summed E-state index contributed by atoms with van der Waals surface area (Å²) in [5.74, 6) is 0. The summed E-state index contributed by atoms with van der Waals surface area (Å²) in [4.78, 5) is 15.9. The van der Waals surface area contributed by atoms with E-state index < -0.39 is 0 Å². The Morgan fingerprint density at radius 2 is 2.54 bits per heavy atom. The molecule has 1 aromatic heterocycles. The fraction of sp³-hybridized carbons (Fsp3) is 0.500. The van der Waals surface area contributed by atoms with Crippen LogP contribution in [-0.4, -0.2) is 24.7 Å². The number of carbonyl (C=O) groups is 1. The fourth-order valence-corrected chi connectivity index (χ4v) is 1.68. The van der Waals surface area contributed by atoms with Gasteiger partial charge in [-0.3, -0.25) is 0 Å². The number of nitrogens with one attached hydrogen (secondary N) is 1. The van der Waals surface area contributed by atoms with E-state index in [4.69, 9.17) is 0 Å². The van der Waals surface area contributed by atoms with Crippen molar-refractivity contribution in [1.29, 1.82) is 0 Å². The number of carbonyl (C=O) groups excluding carboxylic acids is 1. The van der Waals surface area contributed by atoms with Gasteiger partial charge in [0.25, 0.3) is 0 Å². The summed E-state index contributed by atoms with van der Waals surface area (Å²) in [5, 5.41) is 3.66. The van der Waals surface area contributed by atoms with Crippen molar-refractivity contribution in [2.24, 2.45) is 0 Å². The van der Waals surface area contributed by atoms with Crippen molar-refractivity contribution >= 4 is 17.4 Å². The molecule has 0 saturated carbocycles. The number of methoxy groups -OCH3 is 1. The van der Waals surface area contributed by atoms with Crippen LogP contribution in [-0.2, 0) is 11.2 Å². The van der Waals surface area contributed by atoms with Crippen LogP contribution in [0.3, 0.4) is 0 Å². The zero-order chi connectivity index (χ0) is 9.68. The standard InChI is InChI=1S/C8H12N2O2S/c1-6-10-5-7(13-6)3-4-9-8(11)12-2/h5H,3-4H2,1-2H3,(H,9,11). The third-order valence-corrected chi connectivity index (χ3v) is 2.47. The number of alkyl carbamates (subject to hydrolysis) is 1. The Hall–Kier alpha value is -1.10. The highest BCUT2D eigenvalue weighted by Gasteiger charge is 2.00. The van der Waals surface area contributed by atoms with E-state index in [1.54, 1.807) is 11.3 Å². The second kappa shape index (κ2) is 4.81. The molecule has 0 aromatic carbocycles. The summed E-state index contributed by atoms with van der Waals surface area (Å²) in [7, 11) is 1.35. The highest BCUT2D eigenvalue weighted by molar-refractivity contribution is 7.11. The second-order valence-corrected chi connectivity index (χ2v) is 3.83. The topological polar surface area (TPSA) is 51.2 Å². The number of amides is 1. The third-order valence-electron chi connectivity index (χ3n) is 1.50. The van der Waals surface area contributed by atoms with Crippen LogP contribution in [0.25, 0.3) is 0 Å². The van der Waals surface area contributed by atoms with Crippen LogP contribution in [0.4, 0.5) is 4.79 Å². The van der Waals surface area contributed by atoms with Crippen LogP contribution in [0.2, 0.25) is 0 Å². The van der Waals surface area contributed by atoms with Gasteiger partial charge in [-0.1, -0.05) is 0 Å². The molecule has 1 N–H and O–H groups in total. The fourth-order valence-electron chi connectivity index (χ4n) is 0.881. The number of aromatic nitrogens is 1. The molecule has 0 aliphatic heterocycles. The smallest absolute Gasteiger partial charge is 0.406 e. The minimum Gasteiger partial charge on any atom is -0.453 e. The molecule has 0 fully saturated rings. The van der Waals surface area contributed by atoms with Crippen molar-refractivity contribution in [2.75, 3.05) is 13.7 Å². The maximum atomic E-state index is 10.7. The molecule has 72 valence electrons. The molecular weight excluding hydrogens is 188 g/mol. The molecule has 1 heterocycles. The normalized spacial score (nSPS) is 9.69. The second-order valence-electron chi connectivity index (χ2n) is 2.51. The number of hydrogen-bond acceptors (Lipinski definition) is 4. The van der Waals surface area contributed by atoms with Crippen LogP contribution in [0.5, 0.6) is 0 Å². The Morgan fingerprint density at radius 3 is 3.08 bits per heavy atom.